The number of anilines is 1. The van der Waals surface area contributed by atoms with Crippen LogP contribution in [0.3, 0.4) is 0 Å². The molecule has 186 valence electrons. The smallest absolute Gasteiger partial charge is 0.384 e. The molecule has 1 aliphatic heterocycles. The molecule has 7 nitrogen and oxygen atoms in total. The van der Waals surface area contributed by atoms with Crippen LogP contribution in [-0.4, -0.2) is 35.4 Å². The summed E-state index contributed by atoms with van der Waals surface area (Å²) in [5, 5.41) is 8.52. The molecule has 0 bridgehead atoms. The number of amides is 2. The summed E-state index contributed by atoms with van der Waals surface area (Å²) < 4.78 is 52.9. The van der Waals surface area contributed by atoms with Gasteiger partial charge >= 0.3 is 6.18 Å². The Kier molecular flexibility index (Phi) is 6.79. The Morgan fingerprint density at radius 1 is 1.20 bits per heavy atom. The van der Waals surface area contributed by atoms with Gasteiger partial charge < -0.3 is 21.7 Å². The summed E-state index contributed by atoms with van der Waals surface area (Å²) in [5.41, 5.74) is 6.77. The number of benzene rings is 1. The van der Waals surface area contributed by atoms with Crippen molar-refractivity contribution < 1.29 is 27.2 Å². The average molecular weight is 491 g/mol. The number of fused-ring (bicyclic) bond motifs is 1. The van der Waals surface area contributed by atoms with Gasteiger partial charge in [-0.3, -0.25) is 9.59 Å². The summed E-state index contributed by atoms with van der Waals surface area (Å²) in [6.07, 6.45) is -1.60. The summed E-state index contributed by atoms with van der Waals surface area (Å²) in [5.74, 6) is -1.81. The van der Waals surface area contributed by atoms with E-state index in [1.807, 2.05) is 6.07 Å². The van der Waals surface area contributed by atoms with E-state index in [2.05, 4.69) is 20.9 Å². The summed E-state index contributed by atoms with van der Waals surface area (Å²) in [6.45, 7) is 1.88. The highest BCUT2D eigenvalue weighted by atomic mass is 19.4. The lowest BCUT2D eigenvalue weighted by molar-refractivity contribution is -0.140. The van der Waals surface area contributed by atoms with Crippen LogP contribution in [0.1, 0.15) is 48.2 Å². The molecule has 1 aromatic carbocycles. The molecule has 0 unspecified atom stereocenters. The number of hydrogen-bond acceptors (Lipinski definition) is 5. The minimum absolute atomic E-state index is 0.193. The SMILES string of the molecule is C[C@H](NC(=O)[C@@H]1C=C(c2ccc(F)c(C(F)(F)F)c2)CCN1)C(=O)N[C@@H]1CCc2nc(N)ccc21. The number of aromatic nitrogens is 1. The predicted octanol–water partition coefficient (Wildman–Crippen LogP) is 2.88. The number of carbonyl (C=O) groups excluding carboxylic acids is 2. The van der Waals surface area contributed by atoms with Crippen LogP contribution in [0.15, 0.2) is 36.4 Å². The van der Waals surface area contributed by atoms with Gasteiger partial charge in [0.15, 0.2) is 0 Å². The average Bonchev–Trinajstić information content (AvgIpc) is 3.20. The topological polar surface area (TPSA) is 109 Å². The van der Waals surface area contributed by atoms with E-state index < -0.39 is 35.5 Å². The fourth-order valence-electron chi connectivity index (χ4n) is 4.36. The van der Waals surface area contributed by atoms with Crippen LogP contribution in [0.2, 0.25) is 0 Å². The first-order valence-electron chi connectivity index (χ1n) is 11.2. The maximum atomic E-state index is 13.6. The van der Waals surface area contributed by atoms with Crippen molar-refractivity contribution in [2.45, 2.75) is 50.5 Å². The quantitative estimate of drug-likeness (QED) is 0.481. The van der Waals surface area contributed by atoms with Crippen LogP contribution < -0.4 is 21.7 Å². The molecule has 35 heavy (non-hydrogen) atoms. The summed E-state index contributed by atoms with van der Waals surface area (Å²) >= 11 is 0. The van der Waals surface area contributed by atoms with Gasteiger partial charge in [-0.25, -0.2) is 9.37 Å². The van der Waals surface area contributed by atoms with E-state index >= 15 is 0 Å². The van der Waals surface area contributed by atoms with Gasteiger partial charge in [0.2, 0.25) is 11.8 Å². The fraction of sp³-hybridized carbons (Fsp3) is 0.375. The van der Waals surface area contributed by atoms with Crippen LogP contribution >= 0.6 is 0 Å². The molecule has 1 aliphatic carbocycles. The summed E-state index contributed by atoms with van der Waals surface area (Å²) in [4.78, 5) is 29.8. The van der Waals surface area contributed by atoms with Gasteiger partial charge in [-0.2, -0.15) is 13.2 Å². The summed E-state index contributed by atoms with van der Waals surface area (Å²) in [6, 6.07) is 4.35. The van der Waals surface area contributed by atoms with Gasteiger partial charge in [0, 0.05) is 12.2 Å². The van der Waals surface area contributed by atoms with Crippen LogP contribution in [0.25, 0.3) is 5.57 Å². The van der Waals surface area contributed by atoms with Gasteiger partial charge in [0.1, 0.15) is 23.7 Å². The molecule has 11 heteroatoms. The molecule has 2 aromatic rings. The Hall–Kier alpha value is -3.47. The standard InChI is InChI=1S/C24H25F4N5O2/c1-12(22(34)33-19-6-5-18-15(19)3-7-21(29)32-18)31-23(35)20-11-14(8-9-30-20)13-2-4-17(25)16(10-13)24(26,27)28/h2-4,7,10-12,19-20,30H,5-6,8-9H2,1H3,(H2,29,32)(H,31,35)(H,33,34)/t12-,19+,20-/m0/s1. The zero-order chi connectivity index (χ0) is 25.3. The molecule has 2 heterocycles. The fourth-order valence-corrected chi connectivity index (χ4v) is 4.36. The highest BCUT2D eigenvalue weighted by Gasteiger charge is 2.35. The molecule has 3 atom stereocenters. The first kappa shape index (κ1) is 24.6. The molecule has 0 spiro atoms. The zero-order valence-electron chi connectivity index (χ0n) is 18.9. The third-order valence-electron chi connectivity index (χ3n) is 6.20. The van der Waals surface area contributed by atoms with Crippen molar-refractivity contribution >= 4 is 23.2 Å². The number of pyridine rings is 1. The first-order chi connectivity index (χ1) is 16.5. The number of alkyl halides is 3. The van der Waals surface area contributed by atoms with E-state index in [0.29, 0.717) is 37.2 Å². The normalized spacial score (nSPS) is 20.5. The predicted molar refractivity (Wildman–Crippen MR) is 121 cm³/mol. The molecule has 0 fully saturated rings. The van der Waals surface area contributed by atoms with E-state index in [-0.39, 0.29) is 17.5 Å². The van der Waals surface area contributed by atoms with Crippen LogP contribution in [-0.2, 0) is 22.2 Å². The number of carbonyl (C=O) groups is 2. The Balaban J connectivity index is 1.41. The maximum Gasteiger partial charge on any atom is 0.419 e. The number of rotatable bonds is 5. The molecule has 2 amide bonds. The summed E-state index contributed by atoms with van der Waals surface area (Å²) in [7, 11) is 0. The maximum absolute atomic E-state index is 13.6. The van der Waals surface area contributed by atoms with E-state index in [1.165, 1.54) is 12.1 Å². The molecular weight excluding hydrogens is 466 g/mol. The lowest BCUT2D eigenvalue weighted by Gasteiger charge is -2.25. The van der Waals surface area contributed by atoms with Gasteiger partial charge in [-0.15, -0.1) is 0 Å². The van der Waals surface area contributed by atoms with Crippen molar-refractivity contribution in [3.8, 4) is 0 Å². The number of halogens is 4. The Morgan fingerprint density at radius 3 is 2.71 bits per heavy atom. The number of aryl methyl sites for hydroxylation is 1. The van der Waals surface area contributed by atoms with Gasteiger partial charge in [-0.1, -0.05) is 18.2 Å². The lowest BCUT2D eigenvalue weighted by atomic mass is 9.95. The molecule has 1 aromatic heterocycles. The largest absolute Gasteiger partial charge is 0.419 e. The monoisotopic (exact) mass is 491 g/mol. The van der Waals surface area contributed by atoms with Crippen molar-refractivity contribution in [3.05, 3.63) is 64.6 Å². The lowest BCUT2D eigenvalue weighted by Crippen LogP contribution is -2.52. The second-order valence-electron chi connectivity index (χ2n) is 8.67. The number of nitrogens with two attached hydrogens (primary N) is 1. The molecule has 0 saturated heterocycles. The molecule has 5 N–H and O–H groups in total. The highest BCUT2D eigenvalue weighted by molar-refractivity contribution is 5.92. The van der Waals surface area contributed by atoms with Gasteiger partial charge in [-0.05, 0) is 61.1 Å². The molecule has 2 aliphatic rings. The number of hydrogen-bond donors (Lipinski definition) is 4. The van der Waals surface area contributed by atoms with Gasteiger partial charge in [0.25, 0.3) is 0 Å². The second kappa shape index (κ2) is 9.65. The van der Waals surface area contributed by atoms with Crippen molar-refractivity contribution in [2.24, 2.45) is 0 Å². The molecule has 0 saturated carbocycles. The van der Waals surface area contributed by atoms with Crippen molar-refractivity contribution in [1.82, 2.24) is 20.9 Å². The van der Waals surface area contributed by atoms with Gasteiger partial charge in [0.05, 0.1) is 11.6 Å². The molecular formula is C24H25F4N5O2. The van der Waals surface area contributed by atoms with Crippen LogP contribution in [0.4, 0.5) is 23.4 Å². The minimum Gasteiger partial charge on any atom is -0.384 e. The molecule has 0 radical (unpaired) electrons. The Bertz CT molecular complexity index is 1180. The van der Waals surface area contributed by atoms with Crippen LogP contribution in [0.5, 0.6) is 0 Å². The number of nitrogens with one attached hydrogen (secondary N) is 3. The second-order valence-corrected chi connectivity index (χ2v) is 8.67. The Morgan fingerprint density at radius 2 is 1.97 bits per heavy atom. The number of nitrogen functional groups attached to an aromatic ring is 1. The zero-order valence-corrected chi connectivity index (χ0v) is 18.9. The highest BCUT2D eigenvalue weighted by Crippen LogP contribution is 2.34. The Labute approximate surface area is 199 Å². The minimum atomic E-state index is -4.82. The number of nitrogens with zero attached hydrogens (tertiary/aromatic N) is 1. The third-order valence-corrected chi connectivity index (χ3v) is 6.20. The van der Waals surface area contributed by atoms with Crippen molar-refractivity contribution in [1.29, 1.82) is 0 Å². The van der Waals surface area contributed by atoms with Crippen molar-refractivity contribution in [3.63, 3.8) is 0 Å². The van der Waals surface area contributed by atoms with Crippen LogP contribution in [0, 0.1) is 5.82 Å². The van der Waals surface area contributed by atoms with E-state index in [1.54, 1.807) is 13.0 Å². The van der Waals surface area contributed by atoms with E-state index in [0.717, 1.165) is 23.4 Å². The molecule has 4 rings (SSSR count). The van der Waals surface area contributed by atoms with E-state index in [4.69, 9.17) is 5.73 Å². The van der Waals surface area contributed by atoms with Crippen molar-refractivity contribution in [2.75, 3.05) is 12.3 Å². The first-order valence-corrected chi connectivity index (χ1v) is 11.2. The van der Waals surface area contributed by atoms with E-state index in [9.17, 15) is 27.2 Å². The third kappa shape index (κ3) is 5.45.